The Morgan fingerprint density at radius 1 is 1.16 bits per heavy atom. The molecule has 0 atom stereocenters. The molecule has 25 heavy (non-hydrogen) atoms. The average Bonchev–Trinajstić information content (AvgIpc) is 2.63. The molecule has 0 unspecified atom stereocenters. The highest BCUT2D eigenvalue weighted by atomic mass is 16.5. The van der Waals surface area contributed by atoms with Gasteiger partial charge in [-0.2, -0.15) is 5.10 Å². The number of rotatable bonds is 5. The van der Waals surface area contributed by atoms with Gasteiger partial charge in [-0.05, 0) is 40.1 Å². The van der Waals surface area contributed by atoms with Gasteiger partial charge in [0.1, 0.15) is 0 Å². The molecule has 0 radical (unpaired) electrons. The van der Waals surface area contributed by atoms with Crippen LogP contribution in [0.1, 0.15) is 11.1 Å². The fourth-order valence-corrected chi connectivity index (χ4v) is 2.61. The van der Waals surface area contributed by atoms with Crippen molar-refractivity contribution >= 4 is 22.9 Å². The largest absolute Gasteiger partial charge is 0.504 e. The summed E-state index contributed by atoms with van der Waals surface area (Å²) in [6.07, 6.45) is 1.75. The third kappa shape index (κ3) is 3.95. The Balaban J connectivity index is 1.66. The molecule has 3 rings (SSSR count). The first-order chi connectivity index (χ1) is 12.2. The van der Waals surface area contributed by atoms with Crippen LogP contribution in [-0.2, 0) is 11.2 Å². The second-order valence-corrected chi connectivity index (χ2v) is 5.54. The van der Waals surface area contributed by atoms with E-state index in [0.29, 0.717) is 11.3 Å². The Kier molecular flexibility index (Phi) is 4.95. The summed E-state index contributed by atoms with van der Waals surface area (Å²) in [7, 11) is 1.47. The summed E-state index contributed by atoms with van der Waals surface area (Å²) in [5.41, 5.74) is 4.19. The monoisotopic (exact) mass is 334 g/mol. The molecule has 0 bridgehead atoms. The van der Waals surface area contributed by atoms with Crippen LogP contribution in [0, 0.1) is 0 Å². The van der Waals surface area contributed by atoms with Gasteiger partial charge in [-0.1, -0.05) is 42.5 Å². The molecule has 0 saturated heterocycles. The lowest BCUT2D eigenvalue weighted by molar-refractivity contribution is -0.120. The van der Waals surface area contributed by atoms with Crippen molar-refractivity contribution < 1.29 is 14.6 Å². The molecule has 0 aliphatic rings. The molecular formula is C20H18N2O3. The molecule has 0 heterocycles. The Bertz CT molecular complexity index is 930. The van der Waals surface area contributed by atoms with Gasteiger partial charge in [0.2, 0.25) is 5.91 Å². The maximum atomic E-state index is 12.1. The number of amides is 1. The zero-order valence-corrected chi connectivity index (χ0v) is 13.8. The van der Waals surface area contributed by atoms with Crippen molar-refractivity contribution in [3.8, 4) is 11.5 Å². The highest BCUT2D eigenvalue weighted by Gasteiger charge is 2.06. The van der Waals surface area contributed by atoms with E-state index < -0.39 is 0 Å². The van der Waals surface area contributed by atoms with Crippen molar-refractivity contribution in [3.05, 3.63) is 71.8 Å². The van der Waals surface area contributed by atoms with E-state index in [2.05, 4.69) is 10.5 Å². The van der Waals surface area contributed by atoms with Crippen LogP contribution in [0.5, 0.6) is 11.5 Å². The minimum Gasteiger partial charge on any atom is -0.504 e. The molecule has 5 heteroatoms. The predicted molar refractivity (Wildman–Crippen MR) is 98.0 cm³/mol. The molecule has 0 aliphatic carbocycles. The molecule has 3 aromatic carbocycles. The fourth-order valence-electron chi connectivity index (χ4n) is 2.61. The number of hydrogen-bond acceptors (Lipinski definition) is 4. The first kappa shape index (κ1) is 16.5. The third-order valence-corrected chi connectivity index (χ3v) is 3.84. The summed E-state index contributed by atoms with van der Waals surface area (Å²) in [6.45, 7) is 0. The lowest BCUT2D eigenvalue weighted by atomic mass is 10.0. The highest BCUT2D eigenvalue weighted by molar-refractivity contribution is 5.90. The zero-order chi connectivity index (χ0) is 17.6. The van der Waals surface area contributed by atoms with E-state index in [-0.39, 0.29) is 18.1 Å². The molecule has 126 valence electrons. The molecule has 3 aromatic rings. The van der Waals surface area contributed by atoms with Gasteiger partial charge in [-0.15, -0.1) is 0 Å². The number of fused-ring (bicyclic) bond motifs is 1. The molecule has 2 N–H and O–H groups in total. The number of phenolic OH excluding ortho intramolecular Hbond substituents is 1. The maximum absolute atomic E-state index is 12.1. The Hall–Kier alpha value is -3.34. The number of hydrazone groups is 1. The van der Waals surface area contributed by atoms with Crippen LogP contribution in [0.3, 0.4) is 0 Å². The Morgan fingerprint density at radius 2 is 1.96 bits per heavy atom. The van der Waals surface area contributed by atoms with E-state index in [4.69, 9.17) is 4.74 Å². The fraction of sp³-hybridized carbons (Fsp3) is 0.100. The standard InChI is InChI=1S/C20H18N2O3/c1-25-19-11-14(9-10-18(19)23)13-21-22-20(24)12-16-7-4-6-15-5-2-3-8-17(15)16/h2-11,13,23H,12H2,1H3,(H,22,24)/b21-13+. The van der Waals surface area contributed by atoms with Gasteiger partial charge >= 0.3 is 0 Å². The molecule has 0 spiro atoms. The summed E-state index contributed by atoms with van der Waals surface area (Å²) in [5, 5.41) is 15.7. The van der Waals surface area contributed by atoms with E-state index in [0.717, 1.165) is 16.3 Å². The van der Waals surface area contributed by atoms with Crippen LogP contribution in [0.4, 0.5) is 0 Å². The van der Waals surface area contributed by atoms with Crippen LogP contribution >= 0.6 is 0 Å². The second-order valence-electron chi connectivity index (χ2n) is 5.54. The molecule has 5 nitrogen and oxygen atoms in total. The molecule has 0 saturated carbocycles. The van der Waals surface area contributed by atoms with Gasteiger partial charge in [0.05, 0.1) is 19.7 Å². The number of aromatic hydroxyl groups is 1. The van der Waals surface area contributed by atoms with Gasteiger partial charge in [0.25, 0.3) is 0 Å². The number of carbonyl (C=O) groups excluding carboxylic acids is 1. The van der Waals surface area contributed by atoms with Crippen LogP contribution in [-0.4, -0.2) is 24.3 Å². The number of nitrogens with one attached hydrogen (secondary N) is 1. The lowest BCUT2D eigenvalue weighted by Gasteiger charge is -2.06. The summed E-state index contributed by atoms with van der Waals surface area (Å²) < 4.78 is 5.03. The second kappa shape index (κ2) is 7.49. The number of ether oxygens (including phenoxy) is 1. The normalized spacial score (nSPS) is 10.9. The van der Waals surface area contributed by atoms with Crippen molar-refractivity contribution in [3.63, 3.8) is 0 Å². The Morgan fingerprint density at radius 3 is 2.80 bits per heavy atom. The first-order valence-corrected chi connectivity index (χ1v) is 7.83. The van der Waals surface area contributed by atoms with Gasteiger partial charge in [0, 0.05) is 0 Å². The number of nitrogens with zero attached hydrogens (tertiary/aromatic N) is 1. The van der Waals surface area contributed by atoms with Gasteiger partial charge in [-0.25, -0.2) is 5.43 Å². The van der Waals surface area contributed by atoms with Crippen molar-refractivity contribution in [1.82, 2.24) is 5.43 Å². The van der Waals surface area contributed by atoms with E-state index in [1.54, 1.807) is 12.1 Å². The van der Waals surface area contributed by atoms with E-state index in [1.807, 2.05) is 42.5 Å². The SMILES string of the molecule is COc1cc(/C=N/NC(=O)Cc2cccc3ccccc23)ccc1O. The van der Waals surface area contributed by atoms with Crippen molar-refractivity contribution in [2.45, 2.75) is 6.42 Å². The number of hydrogen-bond donors (Lipinski definition) is 2. The van der Waals surface area contributed by atoms with Crippen LogP contribution in [0.2, 0.25) is 0 Å². The number of methoxy groups -OCH3 is 1. The smallest absolute Gasteiger partial charge is 0.244 e. The first-order valence-electron chi connectivity index (χ1n) is 7.83. The van der Waals surface area contributed by atoms with E-state index in [9.17, 15) is 9.90 Å². The number of phenols is 1. The van der Waals surface area contributed by atoms with Crippen molar-refractivity contribution in [2.24, 2.45) is 5.10 Å². The number of carbonyl (C=O) groups is 1. The average molecular weight is 334 g/mol. The summed E-state index contributed by atoms with van der Waals surface area (Å²) in [6, 6.07) is 18.7. The highest BCUT2D eigenvalue weighted by Crippen LogP contribution is 2.25. The van der Waals surface area contributed by atoms with Crippen LogP contribution < -0.4 is 10.2 Å². The zero-order valence-electron chi connectivity index (χ0n) is 13.8. The molecule has 0 fully saturated rings. The molecule has 0 aliphatic heterocycles. The van der Waals surface area contributed by atoms with Crippen LogP contribution in [0.25, 0.3) is 10.8 Å². The minimum atomic E-state index is -0.196. The maximum Gasteiger partial charge on any atom is 0.244 e. The van der Waals surface area contributed by atoms with Gasteiger partial charge < -0.3 is 9.84 Å². The Labute approximate surface area is 145 Å². The van der Waals surface area contributed by atoms with E-state index >= 15 is 0 Å². The molecule has 1 amide bonds. The van der Waals surface area contributed by atoms with Crippen molar-refractivity contribution in [1.29, 1.82) is 0 Å². The molecular weight excluding hydrogens is 316 g/mol. The quantitative estimate of drug-likeness (QED) is 0.556. The topological polar surface area (TPSA) is 70.9 Å². The van der Waals surface area contributed by atoms with Gasteiger partial charge in [-0.3, -0.25) is 4.79 Å². The van der Waals surface area contributed by atoms with E-state index in [1.165, 1.54) is 19.4 Å². The summed E-state index contributed by atoms with van der Waals surface area (Å²) in [5.74, 6) is 0.212. The third-order valence-electron chi connectivity index (χ3n) is 3.84. The lowest BCUT2D eigenvalue weighted by Crippen LogP contribution is -2.19. The summed E-state index contributed by atoms with van der Waals surface area (Å²) in [4.78, 5) is 12.1. The molecule has 0 aromatic heterocycles. The summed E-state index contributed by atoms with van der Waals surface area (Å²) >= 11 is 0. The number of benzene rings is 3. The van der Waals surface area contributed by atoms with Gasteiger partial charge in [0.15, 0.2) is 11.5 Å². The minimum absolute atomic E-state index is 0.0552. The van der Waals surface area contributed by atoms with Crippen molar-refractivity contribution in [2.75, 3.05) is 7.11 Å². The van der Waals surface area contributed by atoms with Crippen LogP contribution in [0.15, 0.2) is 65.8 Å². The predicted octanol–water partition coefficient (Wildman–Crippen LogP) is 3.25.